The summed E-state index contributed by atoms with van der Waals surface area (Å²) >= 11 is 0. The Kier molecular flexibility index (Phi) is 4.73. The predicted octanol–water partition coefficient (Wildman–Crippen LogP) is 1.82. The molecule has 0 amide bonds. The van der Waals surface area contributed by atoms with E-state index in [-0.39, 0.29) is 5.69 Å². The Morgan fingerprint density at radius 1 is 1.30 bits per heavy atom. The smallest absolute Gasteiger partial charge is 0.358 e. The lowest BCUT2D eigenvalue weighted by molar-refractivity contribution is 0.0690. The minimum absolute atomic E-state index is 0.0438. The van der Waals surface area contributed by atoms with E-state index in [1.54, 1.807) is 12.4 Å². The van der Waals surface area contributed by atoms with E-state index in [0.717, 1.165) is 42.8 Å². The number of anilines is 1. The molecule has 0 bridgehead atoms. The summed E-state index contributed by atoms with van der Waals surface area (Å²) in [7, 11) is 0. The molecule has 0 spiro atoms. The van der Waals surface area contributed by atoms with E-state index in [0.29, 0.717) is 18.9 Å². The van der Waals surface area contributed by atoms with Crippen LogP contribution in [0.2, 0.25) is 0 Å². The van der Waals surface area contributed by atoms with Gasteiger partial charge in [0, 0.05) is 42.3 Å². The van der Waals surface area contributed by atoms with Crippen molar-refractivity contribution in [2.45, 2.75) is 32.2 Å². The third-order valence-corrected chi connectivity index (χ3v) is 4.47. The highest BCUT2D eigenvalue weighted by Gasteiger charge is 2.19. The number of fused-ring (bicyclic) bond motifs is 1. The van der Waals surface area contributed by atoms with Crippen LogP contribution in [-0.4, -0.2) is 47.6 Å². The van der Waals surface area contributed by atoms with Gasteiger partial charge in [0.25, 0.3) is 0 Å². The molecule has 0 aliphatic heterocycles. The van der Waals surface area contributed by atoms with Gasteiger partial charge in [0.05, 0.1) is 6.20 Å². The van der Waals surface area contributed by atoms with Gasteiger partial charge in [0.1, 0.15) is 5.82 Å². The van der Waals surface area contributed by atoms with Crippen LogP contribution in [0.4, 0.5) is 5.82 Å². The molecule has 4 rings (SSSR count). The Morgan fingerprint density at radius 2 is 2.22 bits per heavy atom. The lowest BCUT2D eigenvalue weighted by Gasteiger charge is -2.12. The first-order valence-electron chi connectivity index (χ1n) is 8.88. The van der Waals surface area contributed by atoms with Crippen LogP contribution in [-0.2, 0) is 19.4 Å². The van der Waals surface area contributed by atoms with E-state index in [4.69, 9.17) is 15.1 Å². The van der Waals surface area contributed by atoms with Gasteiger partial charge in [0.15, 0.2) is 11.5 Å². The summed E-state index contributed by atoms with van der Waals surface area (Å²) in [5, 5.41) is 19.7. The number of rotatable bonds is 7. The van der Waals surface area contributed by atoms with Crippen LogP contribution in [0.25, 0.3) is 11.4 Å². The van der Waals surface area contributed by atoms with Gasteiger partial charge in [-0.05, 0) is 37.8 Å². The number of aryl methyl sites for hydroxylation is 2. The number of aromatic carboxylic acids is 1. The number of carbonyl (C=O) groups is 1. The molecule has 2 N–H and O–H groups in total. The molecular formula is C18H19N7O2. The van der Waals surface area contributed by atoms with E-state index in [9.17, 15) is 4.79 Å². The van der Waals surface area contributed by atoms with Gasteiger partial charge in [0.2, 0.25) is 0 Å². The Morgan fingerprint density at radius 3 is 3.00 bits per heavy atom. The number of hydrogen-bond acceptors (Lipinski definition) is 7. The van der Waals surface area contributed by atoms with Crippen LogP contribution in [0.3, 0.4) is 0 Å². The number of carboxylic acids is 1. The topological polar surface area (TPSA) is 119 Å². The fraction of sp³-hybridized carbons (Fsp3) is 0.333. The summed E-state index contributed by atoms with van der Waals surface area (Å²) in [5.74, 6) is 0.494. The summed E-state index contributed by atoms with van der Waals surface area (Å²) in [6.45, 7) is 1.27. The van der Waals surface area contributed by atoms with Crippen LogP contribution in [0.1, 0.15) is 34.6 Å². The monoisotopic (exact) mass is 365 g/mol. The Hall–Kier alpha value is -3.36. The molecule has 0 saturated carbocycles. The fourth-order valence-corrected chi connectivity index (χ4v) is 3.16. The fourth-order valence-electron chi connectivity index (χ4n) is 3.16. The average Bonchev–Trinajstić information content (AvgIpc) is 3.35. The quantitative estimate of drug-likeness (QED) is 0.609. The van der Waals surface area contributed by atoms with Gasteiger partial charge in [-0.15, -0.1) is 5.10 Å². The second kappa shape index (κ2) is 7.48. The Balaban J connectivity index is 1.43. The number of hydrogen-bond donors (Lipinski definition) is 2. The molecule has 0 unspecified atom stereocenters. The number of carboxylic acid groups (broad SMARTS) is 1. The summed E-state index contributed by atoms with van der Waals surface area (Å²) in [6.07, 6.45) is 8.74. The van der Waals surface area contributed by atoms with Gasteiger partial charge >= 0.3 is 5.97 Å². The second-order valence-corrected chi connectivity index (χ2v) is 6.37. The van der Waals surface area contributed by atoms with E-state index in [1.807, 2.05) is 12.1 Å². The van der Waals surface area contributed by atoms with Crippen LogP contribution >= 0.6 is 0 Å². The number of nitrogens with zero attached hydrogens (tertiary/aromatic N) is 6. The minimum atomic E-state index is -1.07. The summed E-state index contributed by atoms with van der Waals surface area (Å²) in [4.78, 5) is 24.4. The molecule has 1 aliphatic rings. The molecule has 3 aromatic heterocycles. The second-order valence-electron chi connectivity index (χ2n) is 6.37. The molecule has 3 aromatic rings. The zero-order chi connectivity index (χ0) is 18.6. The highest BCUT2D eigenvalue weighted by atomic mass is 16.4. The molecule has 0 radical (unpaired) electrons. The normalized spacial score (nSPS) is 12.7. The molecule has 0 atom stereocenters. The predicted molar refractivity (Wildman–Crippen MR) is 97.4 cm³/mol. The van der Waals surface area contributed by atoms with E-state index >= 15 is 0 Å². The first-order valence-corrected chi connectivity index (χ1v) is 8.88. The summed E-state index contributed by atoms with van der Waals surface area (Å²) < 4.78 is 1.54. The number of aromatic nitrogens is 6. The largest absolute Gasteiger partial charge is 0.476 e. The SMILES string of the molecule is O=C(O)c1cn(CCCNc2nc(-c3cccnc3)nc3c2CCC3)nn1. The zero-order valence-electron chi connectivity index (χ0n) is 14.7. The van der Waals surface area contributed by atoms with Crippen LogP contribution in [0.5, 0.6) is 0 Å². The van der Waals surface area contributed by atoms with Crippen molar-refractivity contribution in [1.82, 2.24) is 29.9 Å². The summed E-state index contributed by atoms with van der Waals surface area (Å²) in [5.41, 5.74) is 3.15. The molecule has 9 heteroatoms. The maximum atomic E-state index is 10.8. The standard InChI is InChI=1S/C18H19N7O2/c26-18(27)15-11-25(24-23-15)9-3-8-20-17-13-5-1-6-14(13)21-16(22-17)12-4-2-7-19-10-12/h2,4,7,10-11H,1,3,5-6,8-9H2,(H,26,27)(H,20,21,22). The van der Waals surface area contributed by atoms with Crippen LogP contribution in [0.15, 0.2) is 30.7 Å². The third-order valence-electron chi connectivity index (χ3n) is 4.47. The van der Waals surface area contributed by atoms with E-state index < -0.39 is 5.97 Å². The Labute approximate surface area is 155 Å². The first kappa shape index (κ1) is 17.1. The lowest BCUT2D eigenvalue weighted by atomic mass is 10.2. The molecule has 0 aromatic carbocycles. The van der Waals surface area contributed by atoms with Gasteiger partial charge in [-0.3, -0.25) is 9.67 Å². The van der Waals surface area contributed by atoms with Crippen molar-refractivity contribution in [3.8, 4) is 11.4 Å². The molecule has 27 heavy (non-hydrogen) atoms. The van der Waals surface area contributed by atoms with Crippen molar-refractivity contribution in [1.29, 1.82) is 0 Å². The van der Waals surface area contributed by atoms with Gasteiger partial charge in [-0.25, -0.2) is 14.8 Å². The van der Waals surface area contributed by atoms with Crippen LogP contribution < -0.4 is 5.32 Å². The number of pyridine rings is 1. The van der Waals surface area contributed by atoms with Crippen molar-refractivity contribution in [2.75, 3.05) is 11.9 Å². The lowest BCUT2D eigenvalue weighted by Crippen LogP contribution is -2.11. The molecule has 3 heterocycles. The highest BCUT2D eigenvalue weighted by molar-refractivity contribution is 5.84. The molecular weight excluding hydrogens is 346 g/mol. The molecule has 138 valence electrons. The van der Waals surface area contributed by atoms with Gasteiger partial charge < -0.3 is 10.4 Å². The molecule has 0 saturated heterocycles. The van der Waals surface area contributed by atoms with Gasteiger partial charge in [-0.2, -0.15) is 0 Å². The van der Waals surface area contributed by atoms with Crippen molar-refractivity contribution in [3.63, 3.8) is 0 Å². The maximum Gasteiger partial charge on any atom is 0.358 e. The first-order chi connectivity index (χ1) is 13.2. The maximum absolute atomic E-state index is 10.8. The third kappa shape index (κ3) is 3.76. The minimum Gasteiger partial charge on any atom is -0.476 e. The average molecular weight is 365 g/mol. The van der Waals surface area contributed by atoms with E-state index in [1.165, 1.54) is 16.4 Å². The zero-order valence-corrected chi connectivity index (χ0v) is 14.7. The van der Waals surface area contributed by atoms with E-state index in [2.05, 4.69) is 20.6 Å². The summed E-state index contributed by atoms with van der Waals surface area (Å²) in [6, 6.07) is 3.83. The number of nitrogens with one attached hydrogen (secondary N) is 1. The van der Waals surface area contributed by atoms with Crippen molar-refractivity contribution < 1.29 is 9.90 Å². The molecule has 9 nitrogen and oxygen atoms in total. The molecule has 0 fully saturated rings. The Bertz CT molecular complexity index is 956. The van der Waals surface area contributed by atoms with Crippen LogP contribution in [0, 0.1) is 0 Å². The van der Waals surface area contributed by atoms with Crippen molar-refractivity contribution in [2.24, 2.45) is 0 Å². The molecule has 1 aliphatic carbocycles. The highest BCUT2D eigenvalue weighted by Crippen LogP contribution is 2.28. The van der Waals surface area contributed by atoms with Crippen molar-refractivity contribution >= 4 is 11.8 Å². The van der Waals surface area contributed by atoms with Gasteiger partial charge in [-0.1, -0.05) is 5.21 Å². The van der Waals surface area contributed by atoms with Crippen molar-refractivity contribution in [3.05, 3.63) is 47.7 Å².